The van der Waals surface area contributed by atoms with E-state index in [1.165, 1.54) is 18.2 Å². The predicted molar refractivity (Wildman–Crippen MR) is 86.9 cm³/mol. The van der Waals surface area contributed by atoms with Gasteiger partial charge in [-0.25, -0.2) is 19.2 Å². The van der Waals surface area contributed by atoms with Crippen molar-refractivity contribution in [3.05, 3.63) is 58.7 Å². The molecular weight excluding hydrogens is 352 g/mol. The largest absolute Gasteiger partial charge is 0.478 e. The Bertz CT molecular complexity index is 885. The van der Waals surface area contributed by atoms with Crippen LogP contribution in [0.5, 0.6) is 0 Å². The van der Waals surface area contributed by atoms with Crippen LogP contribution in [0.15, 0.2) is 36.4 Å². The Labute approximate surface area is 145 Å². The summed E-state index contributed by atoms with van der Waals surface area (Å²) in [5, 5.41) is 36.5. The van der Waals surface area contributed by atoms with Crippen LogP contribution in [0.1, 0.15) is 41.4 Å². The summed E-state index contributed by atoms with van der Waals surface area (Å²) in [5.41, 5.74) is -1.90. The lowest BCUT2D eigenvalue weighted by Crippen LogP contribution is -2.11. The predicted octanol–water partition coefficient (Wildman–Crippen LogP) is 0.497. The van der Waals surface area contributed by atoms with Crippen molar-refractivity contribution in [2.75, 3.05) is 0 Å². The molecule has 10 heteroatoms. The molecule has 0 atom stereocenters. The molecule has 26 heavy (non-hydrogen) atoms. The van der Waals surface area contributed by atoms with Crippen molar-refractivity contribution in [1.82, 2.24) is 0 Å². The summed E-state index contributed by atoms with van der Waals surface area (Å²) < 4.78 is 0. The highest BCUT2D eigenvalue weighted by atomic mass is 16.4. The Morgan fingerprint density at radius 2 is 1.15 bits per heavy atom. The van der Waals surface area contributed by atoms with Crippen LogP contribution in [-0.4, -0.2) is 55.3 Å². The van der Waals surface area contributed by atoms with Crippen molar-refractivity contribution in [2.45, 2.75) is 0 Å². The van der Waals surface area contributed by atoms with Gasteiger partial charge in [-0.3, -0.25) is 0 Å². The van der Waals surface area contributed by atoms with Gasteiger partial charge >= 0.3 is 23.9 Å². The molecule has 2 rings (SSSR count). The monoisotopic (exact) mass is 366 g/mol. The summed E-state index contributed by atoms with van der Waals surface area (Å²) in [4.78, 5) is 44.9. The van der Waals surface area contributed by atoms with E-state index in [2.05, 4.69) is 0 Å². The van der Waals surface area contributed by atoms with Crippen molar-refractivity contribution in [1.29, 1.82) is 0 Å². The van der Waals surface area contributed by atoms with Gasteiger partial charge < -0.3 is 31.4 Å². The molecule has 0 aliphatic carbocycles. The molecular formula is C16H14O10. The number of carbonyl (C=O) groups is 4. The van der Waals surface area contributed by atoms with E-state index in [-0.39, 0.29) is 22.1 Å². The third-order valence-corrected chi connectivity index (χ3v) is 3.30. The van der Waals surface area contributed by atoms with E-state index in [0.29, 0.717) is 0 Å². The maximum absolute atomic E-state index is 11.4. The average Bonchev–Trinajstić information content (AvgIpc) is 2.53. The lowest BCUT2D eigenvalue weighted by atomic mass is 9.93. The fourth-order valence-corrected chi connectivity index (χ4v) is 2.28. The molecule has 0 aliphatic heterocycles. The normalized spacial score (nSPS) is 9.38. The van der Waals surface area contributed by atoms with Gasteiger partial charge in [0.1, 0.15) is 0 Å². The number of hydrogen-bond donors (Lipinski definition) is 4. The van der Waals surface area contributed by atoms with Gasteiger partial charge in [0.05, 0.1) is 22.3 Å². The van der Waals surface area contributed by atoms with Crippen molar-refractivity contribution in [3.63, 3.8) is 0 Å². The molecule has 0 aromatic heterocycles. The van der Waals surface area contributed by atoms with Gasteiger partial charge in [-0.05, 0) is 29.3 Å². The standard InChI is InChI=1S/C16H10O8.2H2O/c17-13(18)9-5-4-7(6-11(9)15(21)22)8-2-1-3-10(14(19)20)12(8)16(23)24;;/h1-6H,(H,17,18)(H,19,20)(H,21,22)(H,23,24);2*1H2. The third-order valence-electron chi connectivity index (χ3n) is 3.30. The van der Waals surface area contributed by atoms with E-state index >= 15 is 0 Å². The zero-order valence-corrected chi connectivity index (χ0v) is 12.9. The molecule has 0 aliphatic rings. The van der Waals surface area contributed by atoms with E-state index in [1.54, 1.807) is 0 Å². The first kappa shape index (κ1) is 22.2. The first-order valence-corrected chi connectivity index (χ1v) is 6.44. The van der Waals surface area contributed by atoms with Crippen molar-refractivity contribution in [2.24, 2.45) is 0 Å². The van der Waals surface area contributed by atoms with E-state index in [4.69, 9.17) is 15.3 Å². The quantitative estimate of drug-likeness (QED) is 0.583. The summed E-state index contributed by atoms with van der Waals surface area (Å²) in [5.74, 6) is -5.89. The molecule has 0 radical (unpaired) electrons. The van der Waals surface area contributed by atoms with Gasteiger partial charge in [0.2, 0.25) is 0 Å². The highest BCUT2D eigenvalue weighted by molar-refractivity contribution is 6.08. The van der Waals surface area contributed by atoms with Crippen molar-refractivity contribution < 1.29 is 50.6 Å². The minimum absolute atomic E-state index is 0. The summed E-state index contributed by atoms with van der Waals surface area (Å²) in [6.45, 7) is 0. The minimum Gasteiger partial charge on any atom is -0.478 e. The summed E-state index contributed by atoms with van der Waals surface area (Å²) in [6, 6.07) is 7.00. The first-order valence-electron chi connectivity index (χ1n) is 6.44. The van der Waals surface area contributed by atoms with Gasteiger partial charge in [-0.15, -0.1) is 0 Å². The van der Waals surface area contributed by atoms with Gasteiger partial charge in [0, 0.05) is 0 Å². The number of aromatic carboxylic acids is 4. The number of hydrogen-bond acceptors (Lipinski definition) is 4. The van der Waals surface area contributed by atoms with Crippen LogP contribution in [0.25, 0.3) is 11.1 Å². The minimum atomic E-state index is -1.50. The van der Waals surface area contributed by atoms with Crippen LogP contribution < -0.4 is 0 Å². The molecule has 0 heterocycles. The van der Waals surface area contributed by atoms with Gasteiger partial charge in [-0.2, -0.15) is 0 Å². The zero-order valence-electron chi connectivity index (χ0n) is 12.9. The van der Waals surface area contributed by atoms with E-state index < -0.39 is 46.1 Å². The van der Waals surface area contributed by atoms with Crippen LogP contribution >= 0.6 is 0 Å². The molecule has 0 fully saturated rings. The van der Waals surface area contributed by atoms with Crippen molar-refractivity contribution >= 4 is 23.9 Å². The van der Waals surface area contributed by atoms with Gasteiger partial charge in [0.15, 0.2) is 0 Å². The van der Waals surface area contributed by atoms with Crippen LogP contribution in [0.4, 0.5) is 0 Å². The average molecular weight is 366 g/mol. The highest BCUT2D eigenvalue weighted by Gasteiger charge is 2.23. The molecule has 8 N–H and O–H groups in total. The lowest BCUT2D eigenvalue weighted by Gasteiger charge is -2.11. The number of benzene rings is 2. The maximum atomic E-state index is 11.4. The van der Waals surface area contributed by atoms with Crippen LogP contribution in [0, 0.1) is 0 Å². The Hall–Kier alpha value is -3.76. The molecule has 10 nitrogen and oxygen atoms in total. The molecule has 138 valence electrons. The second kappa shape index (κ2) is 8.37. The summed E-state index contributed by atoms with van der Waals surface area (Å²) in [6.07, 6.45) is 0. The molecule has 0 amide bonds. The Balaban J connectivity index is 0.00000312. The molecule has 2 aromatic rings. The smallest absolute Gasteiger partial charge is 0.337 e. The number of carboxylic acid groups (broad SMARTS) is 4. The van der Waals surface area contributed by atoms with E-state index in [1.807, 2.05) is 0 Å². The fraction of sp³-hybridized carbons (Fsp3) is 0. The summed E-state index contributed by atoms with van der Waals surface area (Å²) in [7, 11) is 0. The second-order valence-corrected chi connectivity index (χ2v) is 4.71. The zero-order chi connectivity index (χ0) is 18.0. The van der Waals surface area contributed by atoms with Crippen molar-refractivity contribution in [3.8, 4) is 11.1 Å². The topological polar surface area (TPSA) is 212 Å². The Morgan fingerprint density at radius 3 is 1.62 bits per heavy atom. The second-order valence-electron chi connectivity index (χ2n) is 4.71. The molecule has 2 aromatic carbocycles. The summed E-state index contributed by atoms with van der Waals surface area (Å²) >= 11 is 0. The van der Waals surface area contributed by atoms with Crippen LogP contribution in [0.2, 0.25) is 0 Å². The van der Waals surface area contributed by atoms with Crippen LogP contribution in [-0.2, 0) is 0 Å². The van der Waals surface area contributed by atoms with Gasteiger partial charge in [0.25, 0.3) is 0 Å². The van der Waals surface area contributed by atoms with E-state index in [0.717, 1.165) is 18.2 Å². The maximum Gasteiger partial charge on any atom is 0.337 e. The van der Waals surface area contributed by atoms with Gasteiger partial charge in [-0.1, -0.05) is 18.2 Å². The number of carboxylic acids is 4. The molecule has 0 saturated heterocycles. The fourth-order valence-electron chi connectivity index (χ4n) is 2.28. The third kappa shape index (κ3) is 4.01. The molecule has 0 spiro atoms. The Kier molecular flexibility index (Phi) is 7.16. The van der Waals surface area contributed by atoms with E-state index in [9.17, 15) is 24.3 Å². The first-order chi connectivity index (χ1) is 11.2. The molecule has 0 bridgehead atoms. The molecule has 0 saturated carbocycles. The lowest BCUT2D eigenvalue weighted by molar-refractivity contribution is 0.0651. The molecule has 0 unspecified atom stereocenters. The Morgan fingerprint density at radius 1 is 0.615 bits per heavy atom. The SMILES string of the molecule is O.O.O=C(O)c1ccc(-c2cccc(C(=O)O)c2C(=O)O)cc1C(=O)O. The van der Waals surface area contributed by atoms with Crippen LogP contribution in [0.3, 0.4) is 0 Å². The number of rotatable bonds is 5. The highest BCUT2D eigenvalue weighted by Crippen LogP contribution is 2.28.